The Morgan fingerprint density at radius 3 is 2.96 bits per heavy atom. The minimum atomic E-state index is -0.565. The summed E-state index contributed by atoms with van der Waals surface area (Å²) < 4.78 is 15.4. The van der Waals surface area contributed by atoms with Crippen LogP contribution in [-0.2, 0) is 0 Å². The van der Waals surface area contributed by atoms with E-state index in [9.17, 15) is 9.18 Å². The first-order valence-corrected chi connectivity index (χ1v) is 9.07. The number of tetrazole rings is 1. The molecule has 0 radical (unpaired) electrons. The number of amides is 1. The van der Waals surface area contributed by atoms with Crippen molar-refractivity contribution in [3.05, 3.63) is 41.1 Å². The molecule has 1 saturated carbocycles. The largest absolute Gasteiger partial charge is 0.349 e. The second-order valence-electron chi connectivity index (χ2n) is 6.49. The number of hydrogen-bond acceptors (Lipinski definition) is 5. The Morgan fingerprint density at radius 2 is 2.19 bits per heavy atom. The first-order valence-electron chi connectivity index (χ1n) is 8.70. The lowest BCUT2D eigenvalue weighted by molar-refractivity contribution is 0.0938. The SMILES string of the molecule is O=C(NCC1CCCC1)c1ncc(-c2nnnn2-c2c(F)cccc2Cl)[nH]1. The van der Waals surface area contributed by atoms with Gasteiger partial charge in [0.2, 0.25) is 5.82 Å². The summed E-state index contributed by atoms with van der Waals surface area (Å²) >= 11 is 6.09. The number of halogens is 2. The van der Waals surface area contributed by atoms with Crippen molar-refractivity contribution in [1.82, 2.24) is 35.5 Å². The average molecular weight is 390 g/mol. The van der Waals surface area contributed by atoms with E-state index >= 15 is 0 Å². The van der Waals surface area contributed by atoms with E-state index in [1.807, 2.05) is 0 Å². The van der Waals surface area contributed by atoms with E-state index in [-0.39, 0.29) is 28.3 Å². The van der Waals surface area contributed by atoms with Gasteiger partial charge in [-0.1, -0.05) is 30.5 Å². The summed E-state index contributed by atoms with van der Waals surface area (Å²) in [6.45, 7) is 0.636. The van der Waals surface area contributed by atoms with E-state index in [1.165, 1.54) is 35.9 Å². The third kappa shape index (κ3) is 3.55. The minimum Gasteiger partial charge on any atom is -0.349 e. The third-order valence-electron chi connectivity index (χ3n) is 4.68. The molecule has 1 aliphatic rings. The second-order valence-corrected chi connectivity index (χ2v) is 6.90. The van der Waals surface area contributed by atoms with Gasteiger partial charge < -0.3 is 10.3 Å². The maximum atomic E-state index is 14.2. The molecule has 0 bridgehead atoms. The highest BCUT2D eigenvalue weighted by molar-refractivity contribution is 6.32. The zero-order valence-electron chi connectivity index (χ0n) is 14.3. The molecule has 4 rings (SSSR count). The normalized spacial score (nSPS) is 14.6. The molecule has 140 valence electrons. The monoisotopic (exact) mass is 389 g/mol. The quantitative estimate of drug-likeness (QED) is 0.698. The number of nitrogens with zero attached hydrogens (tertiary/aromatic N) is 5. The Hall–Kier alpha value is -2.81. The minimum absolute atomic E-state index is 0.0287. The van der Waals surface area contributed by atoms with Crippen LogP contribution in [0, 0.1) is 11.7 Å². The third-order valence-corrected chi connectivity index (χ3v) is 4.98. The molecule has 0 spiro atoms. The van der Waals surface area contributed by atoms with Gasteiger partial charge in [0.15, 0.2) is 11.6 Å². The van der Waals surface area contributed by atoms with Gasteiger partial charge in [0.05, 0.1) is 11.2 Å². The van der Waals surface area contributed by atoms with Crippen molar-refractivity contribution in [3.63, 3.8) is 0 Å². The van der Waals surface area contributed by atoms with Gasteiger partial charge in [0.25, 0.3) is 5.91 Å². The van der Waals surface area contributed by atoms with Crippen molar-refractivity contribution in [2.24, 2.45) is 5.92 Å². The van der Waals surface area contributed by atoms with Gasteiger partial charge in [0, 0.05) is 6.54 Å². The molecule has 0 unspecified atom stereocenters. The zero-order valence-corrected chi connectivity index (χ0v) is 15.1. The van der Waals surface area contributed by atoms with Gasteiger partial charge in [-0.15, -0.1) is 5.10 Å². The number of benzene rings is 1. The fourth-order valence-electron chi connectivity index (χ4n) is 3.28. The molecular formula is C17H17ClFN7O. The Bertz CT molecular complexity index is 944. The van der Waals surface area contributed by atoms with E-state index in [0.717, 1.165) is 12.8 Å². The molecule has 2 heterocycles. The molecule has 1 amide bonds. The number of H-pyrrole nitrogens is 1. The highest BCUT2D eigenvalue weighted by atomic mass is 35.5. The highest BCUT2D eigenvalue weighted by Crippen LogP contribution is 2.26. The number of rotatable bonds is 5. The van der Waals surface area contributed by atoms with E-state index in [1.54, 1.807) is 6.07 Å². The number of nitrogens with one attached hydrogen (secondary N) is 2. The summed E-state index contributed by atoms with van der Waals surface area (Å²) in [6, 6.07) is 4.30. The van der Waals surface area contributed by atoms with Crippen molar-refractivity contribution in [2.75, 3.05) is 6.54 Å². The Labute approximate surface area is 159 Å². The van der Waals surface area contributed by atoms with Crippen LogP contribution in [0.2, 0.25) is 5.02 Å². The fraction of sp³-hybridized carbons (Fsp3) is 0.353. The molecule has 0 atom stereocenters. The van der Waals surface area contributed by atoms with Gasteiger partial charge >= 0.3 is 0 Å². The number of para-hydroxylation sites is 1. The molecule has 10 heteroatoms. The number of carbonyl (C=O) groups excluding carboxylic acids is 1. The van der Waals surface area contributed by atoms with Gasteiger partial charge in [-0.3, -0.25) is 4.79 Å². The van der Waals surface area contributed by atoms with Crippen LogP contribution in [0.1, 0.15) is 36.3 Å². The summed E-state index contributed by atoms with van der Waals surface area (Å²) in [5.41, 5.74) is 0.409. The predicted molar refractivity (Wildman–Crippen MR) is 96.0 cm³/mol. The van der Waals surface area contributed by atoms with Crippen LogP contribution < -0.4 is 5.32 Å². The standard InChI is InChI=1S/C17H17ClFN7O/c18-11-6-3-7-12(19)14(11)26-16(23-24-25-26)13-9-20-15(22-13)17(27)21-8-10-4-1-2-5-10/h3,6-7,9-10H,1-2,4-5,8H2,(H,20,22)(H,21,27). The van der Waals surface area contributed by atoms with Crippen LogP contribution in [0.5, 0.6) is 0 Å². The van der Waals surface area contributed by atoms with Gasteiger partial charge in [-0.05, 0) is 41.3 Å². The molecule has 0 aliphatic heterocycles. The summed E-state index contributed by atoms with van der Waals surface area (Å²) in [5.74, 6) is 0.0154. The Morgan fingerprint density at radius 1 is 1.37 bits per heavy atom. The van der Waals surface area contributed by atoms with Crippen LogP contribution in [0.3, 0.4) is 0 Å². The molecule has 27 heavy (non-hydrogen) atoms. The summed E-state index contributed by atoms with van der Waals surface area (Å²) in [5, 5.41) is 14.4. The van der Waals surface area contributed by atoms with Crippen molar-refractivity contribution < 1.29 is 9.18 Å². The number of aromatic nitrogens is 6. The van der Waals surface area contributed by atoms with Crippen LogP contribution >= 0.6 is 11.6 Å². The van der Waals surface area contributed by atoms with Crippen molar-refractivity contribution >= 4 is 17.5 Å². The number of aromatic amines is 1. The first-order chi connectivity index (χ1) is 13.1. The lowest BCUT2D eigenvalue weighted by Crippen LogP contribution is -2.29. The zero-order chi connectivity index (χ0) is 18.8. The fourth-order valence-corrected chi connectivity index (χ4v) is 3.53. The van der Waals surface area contributed by atoms with Crippen molar-refractivity contribution in [3.8, 4) is 17.2 Å². The first kappa shape index (κ1) is 17.6. The van der Waals surface area contributed by atoms with E-state index in [4.69, 9.17) is 11.6 Å². The molecule has 2 N–H and O–H groups in total. The van der Waals surface area contributed by atoms with Crippen LogP contribution in [-0.4, -0.2) is 42.6 Å². The molecule has 0 saturated heterocycles. The number of hydrogen-bond donors (Lipinski definition) is 2. The van der Waals surface area contributed by atoms with Crippen LogP contribution in [0.25, 0.3) is 17.2 Å². The molecule has 1 aliphatic carbocycles. The smallest absolute Gasteiger partial charge is 0.287 e. The lowest BCUT2D eigenvalue weighted by atomic mass is 10.1. The van der Waals surface area contributed by atoms with E-state index < -0.39 is 5.82 Å². The van der Waals surface area contributed by atoms with Crippen molar-refractivity contribution in [2.45, 2.75) is 25.7 Å². The van der Waals surface area contributed by atoms with Gasteiger partial charge in [-0.2, -0.15) is 4.68 Å². The summed E-state index contributed by atoms with van der Waals surface area (Å²) in [6.07, 6.45) is 6.14. The van der Waals surface area contributed by atoms with E-state index in [2.05, 4.69) is 30.8 Å². The van der Waals surface area contributed by atoms with Crippen LogP contribution in [0.15, 0.2) is 24.4 Å². The second kappa shape index (κ2) is 7.43. The lowest BCUT2D eigenvalue weighted by Gasteiger charge is -2.09. The molecule has 2 aromatic heterocycles. The number of imidazole rings is 1. The number of carbonyl (C=O) groups is 1. The predicted octanol–water partition coefficient (Wildman–Crippen LogP) is 2.76. The van der Waals surface area contributed by atoms with Gasteiger partial charge in [0.1, 0.15) is 11.4 Å². The summed E-state index contributed by atoms with van der Waals surface area (Å²) in [7, 11) is 0. The highest BCUT2D eigenvalue weighted by Gasteiger charge is 2.21. The molecule has 3 aromatic rings. The maximum absolute atomic E-state index is 14.2. The van der Waals surface area contributed by atoms with Gasteiger partial charge in [-0.25, -0.2) is 9.37 Å². The average Bonchev–Trinajstić information content (AvgIpc) is 3.40. The van der Waals surface area contributed by atoms with Crippen molar-refractivity contribution in [1.29, 1.82) is 0 Å². The molecule has 1 fully saturated rings. The molecule has 1 aromatic carbocycles. The molecular weight excluding hydrogens is 373 g/mol. The summed E-state index contributed by atoms with van der Waals surface area (Å²) in [4.78, 5) is 19.3. The maximum Gasteiger partial charge on any atom is 0.287 e. The topological polar surface area (TPSA) is 101 Å². The van der Waals surface area contributed by atoms with E-state index in [0.29, 0.717) is 18.2 Å². The van der Waals surface area contributed by atoms with Crippen LogP contribution in [0.4, 0.5) is 4.39 Å². The molecule has 8 nitrogen and oxygen atoms in total. The Kier molecular flexibility index (Phi) is 4.85. The Balaban J connectivity index is 1.56.